The zero-order chi connectivity index (χ0) is 9.84. The molecular weight excluding hydrogens is 188 g/mol. The molecule has 1 aromatic rings. The van der Waals surface area contributed by atoms with Crippen molar-refractivity contribution in [3.63, 3.8) is 0 Å². The second-order valence-electron chi connectivity index (χ2n) is 2.74. The van der Waals surface area contributed by atoms with Gasteiger partial charge in [0.05, 0.1) is 11.4 Å². The maximum Gasteiger partial charge on any atom is 0.229 e. The Morgan fingerprint density at radius 1 is 1.62 bits per heavy atom. The van der Waals surface area contributed by atoms with E-state index in [0.717, 1.165) is 17.0 Å². The fourth-order valence-electron chi connectivity index (χ4n) is 0.997. The van der Waals surface area contributed by atoms with Gasteiger partial charge >= 0.3 is 0 Å². The summed E-state index contributed by atoms with van der Waals surface area (Å²) in [6.07, 6.45) is 0. The average molecular weight is 200 g/mol. The molecule has 0 spiro atoms. The van der Waals surface area contributed by atoms with Gasteiger partial charge in [-0.1, -0.05) is 5.16 Å². The molecule has 5 heteroatoms. The number of hydrogen-bond acceptors (Lipinski definition) is 4. The van der Waals surface area contributed by atoms with Gasteiger partial charge in [0, 0.05) is 12.1 Å². The third kappa shape index (κ3) is 2.48. The first kappa shape index (κ1) is 10.1. The van der Waals surface area contributed by atoms with Gasteiger partial charge < -0.3 is 9.84 Å². The standard InChI is InChI=1S/C8H12N2O2S/c1-5-7(6(2)12-10-5)3-9-8(11)4-13/h13H,3-4H2,1-2H3,(H,9,11). The summed E-state index contributed by atoms with van der Waals surface area (Å²) in [6.45, 7) is 4.13. The second kappa shape index (κ2) is 4.32. The Hall–Kier alpha value is -0.970. The average Bonchev–Trinajstić information content (AvgIpc) is 2.43. The molecule has 0 unspecified atom stereocenters. The molecule has 4 nitrogen and oxygen atoms in total. The third-order valence-electron chi connectivity index (χ3n) is 1.79. The van der Waals surface area contributed by atoms with Crippen LogP contribution in [0.2, 0.25) is 0 Å². The van der Waals surface area contributed by atoms with E-state index in [1.807, 2.05) is 13.8 Å². The van der Waals surface area contributed by atoms with E-state index in [9.17, 15) is 4.79 Å². The molecule has 1 amide bonds. The van der Waals surface area contributed by atoms with E-state index in [1.165, 1.54) is 0 Å². The SMILES string of the molecule is Cc1noc(C)c1CNC(=O)CS. The van der Waals surface area contributed by atoms with Gasteiger partial charge in [-0.2, -0.15) is 12.6 Å². The molecule has 0 saturated heterocycles. The molecule has 0 aromatic carbocycles. The molecule has 1 rings (SSSR count). The summed E-state index contributed by atoms with van der Waals surface area (Å²) in [6, 6.07) is 0. The van der Waals surface area contributed by atoms with E-state index in [2.05, 4.69) is 23.1 Å². The molecule has 0 fully saturated rings. The Labute approximate surface area is 82.1 Å². The number of carbonyl (C=O) groups excluding carboxylic acids is 1. The molecule has 0 atom stereocenters. The largest absolute Gasteiger partial charge is 0.361 e. The van der Waals surface area contributed by atoms with Crippen molar-refractivity contribution in [3.05, 3.63) is 17.0 Å². The van der Waals surface area contributed by atoms with Gasteiger partial charge in [0.2, 0.25) is 5.91 Å². The fourth-order valence-corrected chi connectivity index (χ4v) is 1.11. The number of carbonyl (C=O) groups is 1. The van der Waals surface area contributed by atoms with Crippen LogP contribution < -0.4 is 5.32 Å². The lowest BCUT2D eigenvalue weighted by Gasteiger charge is -2.01. The summed E-state index contributed by atoms with van der Waals surface area (Å²) in [7, 11) is 0. The maximum absolute atomic E-state index is 10.9. The molecule has 1 N–H and O–H groups in total. The minimum Gasteiger partial charge on any atom is -0.361 e. The lowest BCUT2D eigenvalue weighted by Crippen LogP contribution is -2.24. The number of aromatic nitrogens is 1. The summed E-state index contributed by atoms with van der Waals surface area (Å²) in [4.78, 5) is 10.9. The van der Waals surface area contributed by atoms with E-state index in [0.29, 0.717) is 6.54 Å². The number of amides is 1. The van der Waals surface area contributed by atoms with Gasteiger partial charge in [-0.15, -0.1) is 0 Å². The molecule has 0 bridgehead atoms. The highest BCUT2D eigenvalue weighted by Gasteiger charge is 2.08. The second-order valence-corrected chi connectivity index (χ2v) is 3.05. The van der Waals surface area contributed by atoms with Crippen molar-refractivity contribution < 1.29 is 9.32 Å². The molecule has 1 aromatic heterocycles. The quantitative estimate of drug-likeness (QED) is 0.711. The van der Waals surface area contributed by atoms with Crippen molar-refractivity contribution in [2.24, 2.45) is 0 Å². The molecule has 0 saturated carbocycles. The van der Waals surface area contributed by atoms with Crippen LogP contribution in [0.4, 0.5) is 0 Å². The maximum atomic E-state index is 10.9. The van der Waals surface area contributed by atoms with Crippen LogP contribution in [0.25, 0.3) is 0 Å². The molecule has 0 aliphatic carbocycles. The zero-order valence-corrected chi connectivity index (χ0v) is 8.52. The highest BCUT2D eigenvalue weighted by atomic mass is 32.1. The van der Waals surface area contributed by atoms with Crippen molar-refractivity contribution in [2.75, 3.05) is 5.75 Å². The van der Waals surface area contributed by atoms with Gasteiger partial charge in [-0.25, -0.2) is 0 Å². The van der Waals surface area contributed by atoms with Crippen LogP contribution in [0, 0.1) is 13.8 Å². The Bertz CT molecular complexity index is 290. The zero-order valence-electron chi connectivity index (χ0n) is 7.63. The van der Waals surface area contributed by atoms with Crippen molar-refractivity contribution in [1.82, 2.24) is 10.5 Å². The number of hydrogen-bond donors (Lipinski definition) is 2. The van der Waals surface area contributed by atoms with E-state index in [1.54, 1.807) is 0 Å². The first-order valence-electron chi connectivity index (χ1n) is 3.94. The lowest BCUT2D eigenvalue weighted by atomic mass is 10.2. The van der Waals surface area contributed by atoms with Gasteiger partial charge in [-0.05, 0) is 13.8 Å². The Morgan fingerprint density at radius 3 is 2.77 bits per heavy atom. The first-order chi connectivity index (χ1) is 6.15. The Morgan fingerprint density at radius 2 is 2.31 bits per heavy atom. The van der Waals surface area contributed by atoms with Crippen molar-refractivity contribution in [3.8, 4) is 0 Å². The smallest absolute Gasteiger partial charge is 0.229 e. The highest BCUT2D eigenvalue weighted by Crippen LogP contribution is 2.11. The van der Waals surface area contributed by atoms with Crippen LogP contribution in [-0.2, 0) is 11.3 Å². The van der Waals surface area contributed by atoms with Crippen LogP contribution >= 0.6 is 12.6 Å². The van der Waals surface area contributed by atoms with Gasteiger partial charge in [0.1, 0.15) is 5.76 Å². The molecule has 0 radical (unpaired) electrons. The third-order valence-corrected chi connectivity index (χ3v) is 2.07. The number of nitrogens with zero attached hydrogens (tertiary/aromatic N) is 1. The van der Waals surface area contributed by atoms with E-state index in [-0.39, 0.29) is 11.7 Å². The Balaban J connectivity index is 2.58. The molecule has 0 aliphatic rings. The van der Waals surface area contributed by atoms with Crippen molar-refractivity contribution in [1.29, 1.82) is 0 Å². The monoisotopic (exact) mass is 200 g/mol. The van der Waals surface area contributed by atoms with Crippen LogP contribution in [0.5, 0.6) is 0 Å². The minimum absolute atomic E-state index is 0.0941. The number of nitrogens with one attached hydrogen (secondary N) is 1. The number of rotatable bonds is 3. The van der Waals surface area contributed by atoms with Gasteiger partial charge in [0.25, 0.3) is 0 Å². The summed E-state index contributed by atoms with van der Waals surface area (Å²) in [5, 5.41) is 6.48. The molecule has 13 heavy (non-hydrogen) atoms. The van der Waals surface area contributed by atoms with E-state index >= 15 is 0 Å². The highest BCUT2D eigenvalue weighted by molar-refractivity contribution is 7.81. The first-order valence-corrected chi connectivity index (χ1v) is 4.57. The predicted octanol–water partition coefficient (Wildman–Crippen LogP) is 0.837. The van der Waals surface area contributed by atoms with Crippen LogP contribution in [0.15, 0.2) is 4.52 Å². The summed E-state index contributed by atoms with van der Waals surface area (Å²) < 4.78 is 4.94. The van der Waals surface area contributed by atoms with Crippen LogP contribution in [0.3, 0.4) is 0 Å². The summed E-state index contributed by atoms with van der Waals surface area (Å²) in [5.41, 5.74) is 1.76. The van der Waals surface area contributed by atoms with Gasteiger partial charge in [-0.3, -0.25) is 4.79 Å². The summed E-state index contributed by atoms with van der Waals surface area (Å²) >= 11 is 3.85. The van der Waals surface area contributed by atoms with Crippen molar-refractivity contribution in [2.45, 2.75) is 20.4 Å². The Kier molecular flexibility index (Phi) is 3.36. The predicted molar refractivity (Wildman–Crippen MR) is 51.7 cm³/mol. The lowest BCUT2D eigenvalue weighted by molar-refractivity contribution is -0.118. The topological polar surface area (TPSA) is 55.1 Å². The fraction of sp³-hybridized carbons (Fsp3) is 0.500. The van der Waals surface area contributed by atoms with Crippen molar-refractivity contribution >= 4 is 18.5 Å². The van der Waals surface area contributed by atoms with E-state index in [4.69, 9.17) is 4.52 Å². The molecule has 0 aliphatic heterocycles. The summed E-state index contributed by atoms with van der Waals surface area (Å²) in [5.74, 6) is 0.851. The van der Waals surface area contributed by atoms with Crippen LogP contribution in [0.1, 0.15) is 17.0 Å². The van der Waals surface area contributed by atoms with Crippen LogP contribution in [-0.4, -0.2) is 16.8 Å². The number of aryl methyl sites for hydroxylation is 2. The molecule has 1 heterocycles. The number of thiol groups is 1. The molecule has 72 valence electrons. The normalized spacial score (nSPS) is 10.1. The van der Waals surface area contributed by atoms with E-state index < -0.39 is 0 Å². The molecular formula is C8H12N2O2S. The minimum atomic E-state index is -0.0941. The van der Waals surface area contributed by atoms with Gasteiger partial charge in [0.15, 0.2) is 0 Å².